The molecule has 0 atom stereocenters. The normalized spacial score (nSPS) is 10.6. The fourth-order valence-corrected chi connectivity index (χ4v) is 3.01. The van der Waals surface area contributed by atoms with E-state index in [0.29, 0.717) is 12.2 Å². The van der Waals surface area contributed by atoms with Gasteiger partial charge in [0.25, 0.3) is 0 Å². The zero-order valence-electron chi connectivity index (χ0n) is 12.4. The van der Waals surface area contributed by atoms with E-state index in [2.05, 4.69) is 10.3 Å². The summed E-state index contributed by atoms with van der Waals surface area (Å²) < 4.78 is 5.15. The minimum absolute atomic E-state index is 0.338. The molecule has 0 aliphatic carbocycles. The minimum Gasteiger partial charge on any atom is -0.462 e. The average molecular weight is 312 g/mol. The number of pyridine rings is 1. The van der Waals surface area contributed by atoms with Crippen LogP contribution in [-0.4, -0.2) is 17.6 Å². The number of nitrogens with zero attached hydrogens (tertiary/aromatic N) is 1. The number of benzene rings is 1. The summed E-state index contributed by atoms with van der Waals surface area (Å²) in [5, 5.41) is 6.27. The summed E-state index contributed by atoms with van der Waals surface area (Å²) in [5.41, 5.74) is 3.28. The second-order valence-corrected chi connectivity index (χ2v) is 5.74. The third kappa shape index (κ3) is 2.67. The van der Waals surface area contributed by atoms with Gasteiger partial charge >= 0.3 is 5.97 Å². The number of aromatic nitrogens is 1. The van der Waals surface area contributed by atoms with Crippen molar-refractivity contribution in [1.29, 1.82) is 0 Å². The first-order valence-electron chi connectivity index (χ1n) is 7.06. The van der Waals surface area contributed by atoms with E-state index in [0.717, 1.165) is 27.2 Å². The first kappa shape index (κ1) is 14.5. The van der Waals surface area contributed by atoms with Crippen molar-refractivity contribution >= 4 is 38.9 Å². The lowest BCUT2D eigenvalue weighted by molar-refractivity contribution is 0.0527. The predicted octanol–water partition coefficient (Wildman–Crippen LogP) is 4.53. The Labute approximate surface area is 132 Å². The number of aryl methyl sites for hydroxylation is 1. The van der Waals surface area contributed by atoms with E-state index < -0.39 is 0 Å². The summed E-state index contributed by atoms with van der Waals surface area (Å²) in [6, 6.07) is 9.93. The Morgan fingerprint density at radius 1 is 1.32 bits per heavy atom. The van der Waals surface area contributed by atoms with Crippen molar-refractivity contribution in [2.45, 2.75) is 13.8 Å². The maximum Gasteiger partial charge on any atom is 0.341 e. The first-order chi connectivity index (χ1) is 10.7. The highest BCUT2D eigenvalue weighted by Crippen LogP contribution is 2.33. The number of fused-ring (bicyclic) bond motifs is 1. The summed E-state index contributed by atoms with van der Waals surface area (Å²) in [4.78, 5) is 17.4. The zero-order chi connectivity index (χ0) is 15.5. The first-order valence-corrected chi connectivity index (χ1v) is 7.94. The summed E-state index contributed by atoms with van der Waals surface area (Å²) in [6.07, 6.45) is 1.58. The fraction of sp³-hybridized carbons (Fsp3) is 0.176. The van der Waals surface area contributed by atoms with E-state index in [1.807, 2.05) is 42.6 Å². The Bertz CT molecular complexity index is 826. The van der Waals surface area contributed by atoms with Crippen LogP contribution in [0.1, 0.15) is 22.8 Å². The van der Waals surface area contributed by atoms with Crippen LogP contribution in [0.3, 0.4) is 0 Å². The number of carbonyl (C=O) groups excluding carboxylic acids is 1. The number of para-hydroxylation sites is 1. The number of nitrogens with one attached hydrogen (secondary N) is 1. The molecule has 1 aromatic carbocycles. The molecule has 0 saturated carbocycles. The van der Waals surface area contributed by atoms with Gasteiger partial charge in [0.2, 0.25) is 0 Å². The largest absolute Gasteiger partial charge is 0.462 e. The van der Waals surface area contributed by atoms with Gasteiger partial charge in [-0.3, -0.25) is 0 Å². The number of rotatable bonds is 4. The molecule has 3 aromatic rings. The van der Waals surface area contributed by atoms with Crippen LogP contribution in [0, 0.1) is 6.92 Å². The van der Waals surface area contributed by atoms with Gasteiger partial charge in [-0.2, -0.15) is 0 Å². The van der Waals surface area contributed by atoms with E-state index in [9.17, 15) is 4.79 Å². The zero-order valence-corrected chi connectivity index (χ0v) is 13.2. The van der Waals surface area contributed by atoms with Crippen molar-refractivity contribution < 1.29 is 9.53 Å². The molecule has 5 heteroatoms. The highest BCUT2D eigenvalue weighted by Gasteiger charge is 2.17. The number of carbonyl (C=O) groups is 1. The van der Waals surface area contributed by atoms with Crippen molar-refractivity contribution in [3.05, 3.63) is 53.0 Å². The molecule has 1 N–H and O–H groups in total. The van der Waals surface area contributed by atoms with Crippen molar-refractivity contribution in [3.8, 4) is 0 Å². The molecule has 0 bridgehead atoms. The van der Waals surface area contributed by atoms with Crippen LogP contribution >= 0.6 is 11.3 Å². The maximum atomic E-state index is 12.2. The monoisotopic (exact) mass is 312 g/mol. The lowest BCUT2D eigenvalue weighted by Crippen LogP contribution is -2.09. The number of ether oxygens (including phenoxy) is 1. The molecule has 4 nitrogen and oxygen atoms in total. The quantitative estimate of drug-likeness (QED) is 0.719. The molecule has 0 saturated heterocycles. The molecule has 112 valence electrons. The van der Waals surface area contributed by atoms with Crippen LogP contribution < -0.4 is 5.32 Å². The molecular weight excluding hydrogens is 296 g/mol. The molecule has 0 amide bonds. The Hall–Kier alpha value is -2.40. The van der Waals surface area contributed by atoms with Gasteiger partial charge in [-0.1, -0.05) is 18.2 Å². The summed E-state index contributed by atoms with van der Waals surface area (Å²) in [6.45, 7) is 4.16. The Kier molecular flexibility index (Phi) is 4.06. The summed E-state index contributed by atoms with van der Waals surface area (Å²) >= 11 is 1.55. The molecule has 2 aromatic heterocycles. The lowest BCUT2D eigenvalue weighted by atomic mass is 10.1. The van der Waals surface area contributed by atoms with Crippen LogP contribution in [0.5, 0.6) is 0 Å². The molecule has 0 radical (unpaired) electrons. The van der Waals surface area contributed by atoms with Crippen molar-refractivity contribution in [2.75, 3.05) is 11.9 Å². The Morgan fingerprint density at radius 3 is 2.91 bits per heavy atom. The van der Waals surface area contributed by atoms with Crippen molar-refractivity contribution in [3.63, 3.8) is 0 Å². The number of hydrogen-bond acceptors (Lipinski definition) is 5. The number of esters is 1. The topological polar surface area (TPSA) is 51.2 Å². The molecular formula is C17H16N2O2S. The van der Waals surface area contributed by atoms with Gasteiger partial charge in [-0.15, -0.1) is 11.3 Å². The molecule has 0 aliphatic rings. The Balaban J connectivity index is 2.12. The van der Waals surface area contributed by atoms with Gasteiger partial charge in [0.1, 0.15) is 10.4 Å². The lowest BCUT2D eigenvalue weighted by Gasteiger charge is -2.14. The van der Waals surface area contributed by atoms with E-state index in [1.54, 1.807) is 24.5 Å². The summed E-state index contributed by atoms with van der Waals surface area (Å²) in [7, 11) is 0. The second-order valence-electron chi connectivity index (χ2n) is 4.85. The van der Waals surface area contributed by atoms with Crippen LogP contribution in [0.25, 0.3) is 10.2 Å². The summed E-state index contributed by atoms with van der Waals surface area (Å²) in [5.74, 6) is -0.362. The highest BCUT2D eigenvalue weighted by atomic mass is 32.1. The van der Waals surface area contributed by atoms with Gasteiger partial charge in [-0.05, 0) is 36.9 Å². The predicted molar refractivity (Wildman–Crippen MR) is 90.0 cm³/mol. The van der Waals surface area contributed by atoms with Crippen LogP contribution in [0.4, 0.5) is 11.4 Å². The van der Waals surface area contributed by atoms with Gasteiger partial charge in [0, 0.05) is 17.3 Å². The van der Waals surface area contributed by atoms with Crippen molar-refractivity contribution in [2.24, 2.45) is 0 Å². The number of anilines is 2. The standard InChI is InChI=1S/C17H16N2O2S/c1-3-21-17(20)13-10-18-16-12(8-9-22-16)15(13)19-14-7-5-4-6-11(14)2/h4-10H,3H2,1-2H3,(H,18,19). The number of hydrogen-bond donors (Lipinski definition) is 1. The van der Waals surface area contributed by atoms with E-state index in [4.69, 9.17) is 4.74 Å². The van der Waals surface area contributed by atoms with Crippen molar-refractivity contribution in [1.82, 2.24) is 4.98 Å². The van der Waals surface area contributed by atoms with E-state index >= 15 is 0 Å². The fourth-order valence-electron chi connectivity index (χ4n) is 2.27. The van der Waals surface area contributed by atoms with Crippen LogP contribution in [0.2, 0.25) is 0 Å². The molecule has 22 heavy (non-hydrogen) atoms. The van der Waals surface area contributed by atoms with E-state index in [-0.39, 0.29) is 5.97 Å². The molecule has 3 rings (SSSR count). The third-order valence-corrected chi connectivity index (χ3v) is 4.22. The molecule has 0 unspecified atom stereocenters. The SMILES string of the molecule is CCOC(=O)c1cnc2sccc2c1Nc1ccccc1C. The van der Waals surface area contributed by atoms with Gasteiger partial charge < -0.3 is 10.1 Å². The van der Waals surface area contributed by atoms with Crippen LogP contribution in [-0.2, 0) is 4.74 Å². The molecule has 0 fully saturated rings. The smallest absolute Gasteiger partial charge is 0.341 e. The Morgan fingerprint density at radius 2 is 2.14 bits per heavy atom. The minimum atomic E-state index is -0.362. The average Bonchev–Trinajstić information content (AvgIpc) is 2.99. The molecule has 0 aliphatic heterocycles. The van der Waals surface area contributed by atoms with E-state index in [1.165, 1.54) is 0 Å². The maximum absolute atomic E-state index is 12.2. The van der Waals surface area contributed by atoms with Gasteiger partial charge in [0.05, 0.1) is 12.3 Å². The molecule has 2 heterocycles. The molecule has 0 spiro atoms. The third-order valence-electron chi connectivity index (χ3n) is 3.39. The highest BCUT2D eigenvalue weighted by molar-refractivity contribution is 7.16. The number of thiophene rings is 1. The second kappa shape index (κ2) is 6.15. The van der Waals surface area contributed by atoms with Crippen LogP contribution in [0.15, 0.2) is 41.9 Å². The van der Waals surface area contributed by atoms with Gasteiger partial charge in [0.15, 0.2) is 0 Å². The van der Waals surface area contributed by atoms with Gasteiger partial charge in [-0.25, -0.2) is 9.78 Å².